The highest BCUT2D eigenvalue weighted by molar-refractivity contribution is 7.46. The van der Waals surface area contributed by atoms with Gasteiger partial charge in [0.15, 0.2) is 0 Å². The van der Waals surface area contributed by atoms with E-state index in [9.17, 15) is 14.2 Å². The maximum atomic E-state index is 13.1. The number of likely N-dealkylation sites (tertiary alicyclic amines) is 1. The number of unbranched alkanes of at least 4 members (excludes halogenated alkanes) is 1. The largest absolute Gasteiger partial charge is 0.469 e. The topological polar surface area (TPSA) is 125 Å². The fraction of sp³-hybridized carbons (Fsp3) is 0.462. The number of carbonyl (C=O) groups is 2. The van der Waals surface area contributed by atoms with Crippen molar-refractivity contribution >= 4 is 19.8 Å². The van der Waals surface area contributed by atoms with Gasteiger partial charge in [-0.05, 0) is 56.1 Å². The Labute approximate surface area is 212 Å². The van der Waals surface area contributed by atoms with Crippen molar-refractivity contribution in [3.63, 3.8) is 0 Å². The van der Waals surface area contributed by atoms with Gasteiger partial charge >= 0.3 is 19.8 Å². The predicted octanol–water partition coefficient (Wildman–Crippen LogP) is 3.84. The molecule has 0 saturated carbocycles. The molecule has 196 valence electrons. The van der Waals surface area contributed by atoms with Crippen molar-refractivity contribution in [3.05, 3.63) is 71.8 Å². The summed E-state index contributed by atoms with van der Waals surface area (Å²) in [6, 6.07) is 17.5. The maximum Gasteiger partial charge on any atom is 0.469 e. The molecule has 10 heteroatoms. The molecule has 0 aliphatic carbocycles. The minimum atomic E-state index is -4.71. The van der Waals surface area contributed by atoms with Crippen LogP contribution in [-0.2, 0) is 31.5 Å². The van der Waals surface area contributed by atoms with E-state index in [-0.39, 0.29) is 6.61 Å². The molecule has 9 nitrogen and oxygen atoms in total. The third kappa shape index (κ3) is 9.74. The summed E-state index contributed by atoms with van der Waals surface area (Å²) in [6.07, 6.45) is 4.94. The van der Waals surface area contributed by atoms with Crippen molar-refractivity contribution in [2.45, 2.75) is 57.0 Å². The number of phosphoric ester groups is 1. The lowest BCUT2D eigenvalue weighted by molar-refractivity contribution is -0.150. The Hall–Kier alpha value is -2.71. The van der Waals surface area contributed by atoms with Gasteiger partial charge in [-0.15, -0.1) is 0 Å². The van der Waals surface area contributed by atoms with Gasteiger partial charge in [0, 0.05) is 6.54 Å². The molecule has 1 saturated heterocycles. The predicted molar refractivity (Wildman–Crippen MR) is 135 cm³/mol. The Balaban J connectivity index is 1.53. The van der Waals surface area contributed by atoms with Gasteiger partial charge in [-0.2, -0.15) is 0 Å². The van der Waals surface area contributed by atoms with Crippen LogP contribution >= 0.6 is 7.82 Å². The van der Waals surface area contributed by atoms with E-state index in [0.717, 1.165) is 37.7 Å². The molecular formula is C26H35N2O7P. The molecule has 2 aromatic carbocycles. The van der Waals surface area contributed by atoms with Crippen molar-refractivity contribution in [2.24, 2.45) is 0 Å². The van der Waals surface area contributed by atoms with E-state index >= 15 is 0 Å². The molecule has 0 aromatic heterocycles. The van der Waals surface area contributed by atoms with Gasteiger partial charge in [0.2, 0.25) is 0 Å². The van der Waals surface area contributed by atoms with Gasteiger partial charge in [0.25, 0.3) is 0 Å². The van der Waals surface area contributed by atoms with Crippen molar-refractivity contribution in [3.8, 4) is 0 Å². The highest BCUT2D eigenvalue weighted by Gasteiger charge is 2.34. The van der Waals surface area contributed by atoms with Crippen LogP contribution in [0.15, 0.2) is 60.7 Å². The van der Waals surface area contributed by atoms with Crippen molar-refractivity contribution in [1.82, 2.24) is 10.2 Å². The van der Waals surface area contributed by atoms with Gasteiger partial charge in [-0.1, -0.05) is 60.7 Å². The molecule has 1 aliphatic heterocycles. The summed E-state index contributed by atoms with van der Waals surface area (Å²) in [5.74, 6) is -0.421. The summed E-state index contributed by atoms with van der Waals surface area (Å²) in [5, 5.41) is 2.80. The molecule has 0 radical (unpaired) electrons. The Morgan fingerprint density at radius 3 is 2.33 bits per heavy atom. The van der Waals surface area contributed by atoms with Crippen LogP contribution in [-0.4, -0.2) is 58.5 Å². The van der Waals surface area contributed by atoms with Gasteiger partial charge in [0.1, 0.15) is 6.04 Å². The molecule has 1 fully saturated rings. The van der Waals surface area contributed by atoms with Gasteiger partial charge < -0.3 is 24.7 Å². The van der Waals surface area contributed by atoms with Gasteiger partial charge in [0.05, 0.1) is 19.3 Å². The Morgan fingerprint density at radius 2 is 1.67 bits per heavy atom. The number of hydrogen-bond donors (Lipinski definition) is 3. The van der Waals surface area contributed by atoms with E-state index in [4.69, 9.17) is 14.5 Å². The molecule has 2 amide bonds. The molecule has 1 heterocycles. The number of rotatable bonds is 12. The van der Waals surface area contributed by atoms with Crippen LogP contribution in [0.5, 0.6) is 0 Å². The lowest BCUT2D eigenvalue weighted by Gasteiger charge is -2.35. The fourth-order valence-corrected chi connectivity index (χ4v) is 4.63. The third-order valence-corrected chi connectivity index (χ3v) is 6.56. The number of esters is 1. The molecule has 3 rings (SSSR count). The van der Waals surface area contributed by atoms with Crippen LogP contribution in [0.25, 0.3) is 0 Å². The van der Waals surface area contributed by atoms with Crippen LogP contribution in [0.1, 0.15) is 43.2 Å². The minimum Gasteiger partial charge on any atom is -0.464 e. The molecule has 1 aliphatic rings. The zero-order chi connectivity index (χ0) is 25.8. The third-order valence-electron chi connectivity index (χ3n) is 6.08. The second kappa shape index (κ2) is 14.1. The van der Waals surface area contributed by atoms with Crippen LogP contribution in [0.4, 0.5) is 4.79 Å². The number of benzene rings is 2. The number of nitrogens with one attached hydrogen (secondary N) is 1. The van der Waals surface area contributed by atoms with Crippen LogP contribution < -0.4 is 5.32 Å². The highest BCUT2D eigenvalue weighted by atomic mass is 31.2. The first-order chi connectivity index (χ1) is 17.3. The number of amides is 2. The zero-order valence-electron chi connectivity index (χ0n) is 20.3. The van der Waals surface area contributed by atoms with E-state index in [1.807, 2.05) is 48.5 Å². The minimum absolute atomic E-state index is 0.296. The van der Waals surface area contributed by atoms with Crippen molar-refractivity contribution < 1.29 is 33.2 Å². The maximum absolute atomic E-state index is 13.1. The van der Waals surface area contributed by atoms with Gasteiger partial charge in [-0.3, -0.25) is 4.52 Å². The molecule has 0 spiro atoms. The van der Waals surface area contributed by atoms with Gasteiger partial charge in [-0.25, -0.2) is 14.2 Å². The number of ether oxygens (including phenoxy) is 1. The first kappa shape index (κ1) is 27.9. The molecule has 3 N–H and O–H groups in total. The summed E-state index contributed by atoms with van der Waals surface area (Å²) in [7, 11) is -4.71. The average Bonchev–Trinajstić information content (AvgIpc) is 2.87. The lowest BCUT2D eigenvalue weighted by atomic mass is 10.0. The van der Waals surface area contributed by atoms with E-state index < -0.39 is 31.9 Å². The summed E-state index contributed by atoms with van der Waals surface area (Å²) in [6.45, 7) is 0.330. The Bertz CT molecular complexity index is 1000. The number of urea groups is 1. The summed E-state index contributed by atoms with van der Waals surface area (Å²) >= 11 is 0. The monoisotopic (exact) mass is 518 g/mol. The van der Waals surface area contributed by atoms with Crippen molar-refractivity contribution in [1.29, 1.82) is 0 Å². The van der Waals surface area contributed by atoms with Crippen LogP contribution in [0, 0.1) is 0 Å². The number of piperidine rings is 1. The molecule has 36 heavy (non-hydrogen) atoms. The smallest absolute Gasteiger partial charge is 0.464 e. The van der Waals surface area contributed by atoms with E-state index in [2.05, 4.69) is 22.0 Å². The first-order valence-electron chi connectivity index (χ1n) is 12.3. The Morgan fingerprint density at radius 1 is 1.00 bits per heavy atom. The molecular weight excluding hydrogens is 483 g/mol. The highest BCUT2D eigenvalue weighted by Crippen LogP contribution is 2.35. The van der Waals surface area contributed by atoms with E-state index in [1.165, 1.54) is 10.5 Å². The molecule has 0 unspecified atom stereocenters. The first-order valence-corrected chi connectivity index (χ1v) is 13.9. The quantitative estimate of drug-likeness (QED) is 0.221. The standard InChI is InChI=1S/C26H35N2O7P/c29-25(34-18-10-8-13-21-11-3-1-4-12-21)24-16-7-9-17-28(24)26(30)27-23(20-35-36(31,32)33)19-22-14-5-2-6-15-22/h1-6,11-12,14-15,23-24H,7-10,13,16-20H2,(H,27,30)(H2,31,32,33)/t23-,24+/m1/s1. The van der Waals surface area contributed by atoms with Crippen molar-refractivity contribution in [2.75, 3.05) is 19.8 Å². The normalized spacial score (nSPS) is 16.8. The number of aryl methyl sites for hydroxylation is 1. The lowest BCUT2D eigenvalue weighted by Crippen LogP contribution is -2.55. The number of phosphoric acid groups is 1. The van der Waals surface area contributed by atoms with E-state index in [0.29, 0.717) is 26.0 Å². The molecule has 2 aromatic rings. The molecule has 2 atom stereocenters. The van der Waals surface area contributed by atoms with Crippen LogP contribution in [0.3, 0.4) is 0 Å². The van der Waals surface area contributed by atoms with Crippen LogP contribution in [0.2, 0.25) is 0 Å². The average molecular weight is 519 g/mol. The summed E-state index contributed by atoms with van der Waals surface area (Å²) < 4.78 is 21.4. The second-order valence-corrected chi connectivity index (χ2v) is 10.2. The zero-order valence-corrected chi connectivity index (χ0v) is 21.2. The number of hydrogen-bond acceptors (Lipinski definition) is 5. The number of carbonyl (C=O) groups excluding carboxylic acids is 2. The molecule has 0 bridgehead atoms. The summed E-state index contributed by atoms with van der Waals surface area (Å²) in [5.41, 5.74) is 2.12. The number of nitrogens with zero attached hydrogens (tertiary/aromatic N) is 1. The fourth-order valence-electron chi connectivity index (χ4n) is 4.26. The van der Waals surface area contributed by atoms with E-state index in [1.54, 1.807) is 0 Å². The summed E-state index contributed by atoms with van der Waals surface area (Å²) in [4.78, 5) is 45.6. The Kier molecular flexibility index (Phi) is 10.9. The SMILES string of the molecule is O=C(OCCCCc1ccccc1)[C@@H]1CCCCN1C(=O)N[C@@H](COP(=O)(O)O)Cc1ccccc1. The second-order valence-electron chi connectivity index (χ2n) is 8.94.